The molecule has 11 aromatic rings. The molecule has 232 valence electrons. The molecule has 1 heterocycles. The molecule has 0 N–H and O–H groups in total. The molecule has 51 heavy (non-hydrogen) atoms. The highest BCUT2D eigenvalue weighted by atomic mass is 16.3. The lowest BCUT2D eigenvalue weighted by Crippen LogP contribution is -1.90. The smallest absolute Gasteiger partial charge is 0.136 e. The Hall–Kier alpha value is -6.70. The lowest BCUT2D eigenvalue weighted by Gasteiger charge is -2.17. The first kappa shape index (κ1) is 26.2. The summed E-state index contributed by atoms with van der Waals surface area (Å²) in [5.41, 5.74) is 14.9. The van der Waals surface area contributed by atoms with Crippen molar-refractivity contribution in [1.82, 2.24) is 0 Å². The third-order valence-electron chi connectivity index (χ3n) is 11.9. The quantitative estimate of drug-likeness (QED) is 0.162. The van der Waals surface area contributed by atoms with Gasteiger partial charge in [-0.3, -0.25) is 0 Å². The van der Waals surface area contributed by atoms with E-state index in [4.69, 9.17) is 4.42 Å². The summed E-state index contributed by atoms with van der Waals surface area (Å²) in [6.07, 6.45) is 0. The zero-order valence-corrected chi connectivity index (χ0v) is 27.4. The van der Waals surface area contributed by atoms with Crippen LogP contribution in [0.1, 0.15) is 0 Å². The van der Waals surface area contributed by atoms with Crippen molar-refractivity contribution in [3.8, 4) is 55.6 Å². The van der Waals surface area contributed by atoms with Crippen molar-refractivity contribution in [3.63, 3.8) is 0 Å². The van der Waals surface area contributed by atoms with E-state index in [1.54, 1.807) is 0 Å². The number of para-hydroxylation sites is 1. The SMILES string of the molecule is c1cc2c3c(cccc3c1)-c1cc3c(ccc4c5cc6c(cc5c(-c5cccc7oc8ccccc8c57)cc34)-c3cccc4cccc-6c34)cc1-2. The largest absolute Gasteiger partial charge is 0.456 e. The van der Waals surface area contributed by atoms with Crippen LogP contribution in [-0.2, 0) is 0 Å². The first-order valence-corrected chi connectivity index (χ1v) is 17.8. The summed E-state index contributed by atoms with van der Waals surface area (Å²) in [5, 5.41) is 15.3. The molecule has 0 amide bonds. The van der Waals surface area contributed by atoms with Gasteiger partial charge >= 0.3 is 0 Å². The molecule has 1 aromatic heterocycles. The van der Waals surface area contributed by atoms with Crippen molar-refractivity contribution in [2.45, 2.75) is 0 Å². The van der Waals surface area contributed by atoms with Crippen LogP contribution in [0, 0.1) is 0 Å². The molecular formula is C50H26O. The summed E-state index contributed by atoms with van der Waals surface area (Å²) in [6, 6.07) is 58.9. The van der Waals surface area contributed by atoms with Gasteiger partial charge in [-0.15, -0.1) is 0 Å². The van der Waals surface area contributed by atoms with Crippen molar-refractivity contribution in [2.75, 3.05) is 0 Å². The maximum atomic E-state index is 6.45. The fourth-order valence-corrected chi connectivity index (χ4v) is 9.75. The average molecular weight is 643 g/mol. The van der Waals surface area contributed by atoms with Crippen LogP contribution < -0.4 is 0 Å². The molecule has 1 heteroatoms. The van der Waals surface area contributed by atoms with Crippen molar-refractivity contribution in [1.29, 1.82) is 0 Å². The molecule has 0 spiro atoms. The molecule has 2 aliphatic rings. The third kappa shape index (κ3) is 3.23. The van der Waals surface area contributed by atoms with Crippen LogP contribution in [0.5, 0.6) is 0 Å². The van der Waals surface area contributed by atoms with Gasteiger partial charge in [0.2, 0.25) is 0 Å². The lowest BCUT2D eigenvalue weighted by atomic mass is 9.86. The maximum Gasteiger partial charge on any atom is 0.136 e. The van der Waals surface area contributed by atoms with Crippen molar-refractivity contribution in [3.05, 3.63) is 158 Å². The van der Waals surface area contributed by atoms with E-state index in [2.05, 4.69) is 158 Å². The Labute approximate surface area is 292 Å². The van der Waals surface area contributed by atoms with Gasteiger partial charge in [-0.05, 0) is 152 Å². The van der Waals surface area contributed by atoms with Crippen LogP contribution in [0.4, 0.5) is 0 Å². The molecular weight excluding hydrogens is 617 g/mol. The van der Waals surface area contributed by atoms with Crippen LogP contribution in [0.25, 0.3) is 131 Å². The number of hydrogen-bond donors (Lipinski definition) is 0. The van der Waals surface area contributed by atoms with Gasteiger partial charge < -0.3 is 4.42 Å². The number of furan rings is 1. The topological polar surface area (TPSA) is 13.1 Å². The molecule has 0 saturated carbocycles. The molecule has 0 fully saturated rings. The summed E-state index contributed by atoms with van der Waals surface area (Å²) in [7, 11) is 0. The van der Waals surface area contributed by atoms with Gasteiger partial charge in [0.1, 0.15) is 11.2 Å². The molecule has 0 atom stereocenters. The van der Waals surface area contributed by atoms with Crippen molar-refractivity contribution < 1.29 is 4.42 Å². The number of hydrogen-bond acceptors (Lipinski definition) is 1. The van der Waals surface area contributed by atoms with Gasteiger partial charge in [0.15, 0.2) is 0 Å². The van der Waals surface area contributed by atoms with E-state index in [1.807, 2.05) is 0 Å². The number of benzene rings is 10. The van der Waals surface area contributed by atoms with E-state index in [9.17, 15) is 0 Å². The van der Waals surface area contributed by atoms with Crippen LogP contribution in [0.15, 0.2) is 162 Å². The van der Waals surface area contributed by atoms with Crippen LogP contribution in [-0.4, -0.2) is 0 Å². The zero-order chi connectivity index (χ0) is 32.9. The molecule has 0 aliphatic heterocycles. The monoisotopic (exact) mass is 642 g/mol. The fourth-order valence-electron chi connectivity index (χ4n) is 9.75. The highest BCUT2D eigenvalue weighted by molar-refractivity contribution is 6.28. The molecule has 13 rings (SSSR count). The van der Waals surface area contributed by atoms with E-state index in [0.717, 1.165) is 16.6 Å². The third-order valence-corrected chi connectivity index (χ3v) is 11.9. The van der Waals surface area contributed by atoms with Crippen molar-refractivity contribution >= 4 is 75.8 Å². The van der Waals surface area contributed by atoms with E-state index < -0.39 is 0 Å². The Morgan fingerprint density at radius 3 is 1.39 bits per heavy atom. The summed E-state index contributed by atoms with van der Waals surface area (Å²) in [5.74, 6) is 0. The van der Waals surface area contributed by atoms with Crippen LogP contribution >= 0.6 is 0 Å². The molecule has 2 aliphatic carbocycles. The summed E-state index contributed by atoms with van der Waals surface area (Å²) < 4.78 is 6.45. The Balaban J connectivity index is 1.20. The molecule has 0 bridgehead atoms. The Kier molecular flexibility index (Phi) is 4.67. The van der Waals surface area contributed by atoms with Gasteiger partial charge in [-0.25, -0.2) is 0 Å². The van der Waals surface area contributed by atoms with E-state index >= 15 is 0 Å². The van der Waals surface area contributed by atoms with E-state index in [0.29, 0.717) is 0 Å². The second-order valence-electron chi connectivity index (χ2n) is 14.3. The lowest BCUT2D eigenvalue weighted by molar-refractivity contribution is 0.669. The Morgan fingerprint density at radius 2 is 0.725 bits per heavy atom. The van der Waals surface area contributed by atoms with Gasteiger partial charge in [-0.1, -0.05) is 115 Å². The van der Waals surface area contributed by atoms with Crippen molar-refractivity contribution in [2.24, 2.45) is 0 Å². The van der Waals surface area contributed by atoms with Gasteiger partial charge in [-0.2, -0.15) is 0 Å². The summed E-state index contributed by atoms with van der Waals surface area (Å²) in [4.78, 5) is 0. The first-order chi connectivity index (χ1) is 25.3. The highest BCUT2D eigenvalue weighted by Gasteiger charge is 2.26. The molecule has 0 unspecified atom stereocenters. The van der Waals surface area contributed by atoms with Crippen LogP contribution in [0.2, 0.25) is 0 Å². The number of rotatable bonds is 1. The second-order valence-corrected chi connectivity index (χ2v) is 14.3. The minimum Gasteiger partial charge on any atom is -0.456 e. The van der Waals surface area contributed by atoms with Crippen LogP contribution in [0.3, 0.4) is 0 Å². The average Bonchev–Trinajstić information content (AvgIpc) is 3.83. The molecule has 0 saturated heterocycles. The van der Waals surface area contributed by atoms with E-state index in [-0.39, 0.29) is 0 Å². The standard InChI is InChI=1S/C50H26O/c1-2-18-46-36(12-1)50-35(17-7-19-47(50)51-46)44-24-39-30(40-25-42-33-15-5-10-28-11-6-16-34(49(28)33)43(42)26-45(40)44)21-20-29-22-38-31-13-3-8-27-9-4-14-32(48(27)31)41(38)23-37(29)39/h1-26H. The number of fused-ring (bicyclic) bond motifs is 14. The minimum absolute atomic E-state index is 0.918. The Morgan fingerprint density at radius 1 is 0.235 bits per heavy atom. The van der Waals surface area contributed by atoms with Gasteiger partial charge in [0, 0.05) is 10.8 Å². The summed E-state index contributed by atoms with van der Waals surface area (Å²) in [6.45, 7) is 0. The zero-order valence-electron chi connectivity index (χ0n) is 27.4. The summed E-state index contributed by atoms with van der Waals surface area (Å²) >= 11 is 0. The van der Waals surface area contributed by atoms with Gasteiger partial charge in [0.25, 0.3) is 0 Å². The Bertz CT molecular complexity index is 3400. The van der Waals surface area contributed by atoms with E-state index in [1.165, 1.54) is 115 Å². The normalized spacial score (nSPS) is 12.7. The second kappa shape index (κ2) is 9.09. The molecule has 0 radical (unpaired) electrons. The highest BCUT2D eigenvalue weighted by Crippen LogP contribution is 2.53. The predicted octanol–water partition coefficient (Wildman–Crippen LogP) is 14.3. The maximum absolute atomic E-state index is 6.45. The molecule has 10 aromatic carbocycles. The first-order valence-electron chi connectivity index (χ1n) is 17.8. The van der Waals surface area contributed by atoms with Gasteiger partial charge in [0.05, 0.1) is 0 Å². The fraction of sp³-hybridized carbons (Fsp3) is 0. The minimum atomic E-state index is 0.918. The molecule has 1 nitrogen and oxygen atoms in total. The predicted molar refractivity (Wildman–Crippen MR) is 216 cm³/mol.